The number of aryl methyl sites for hydroxylation is 2. The highest BCUT2D eigenvalue weighted by molar-refractivity contribution is 5.96. The highest BCUT2D eigenvalue weighted by Crippen LogP contribution is 2.14. The molecule has 0 atom stereocenters. The largest absolute Gasteiger partial charge is 0.465 e. The van der Waals surface area contributed by atoms with Crippen LogP contribution in [0.25, 0.3) is 0 Å². The molecule has 0 aliphatic rings. The van der Waals surface area contributed by atoms with Crippen molar-refractivity contribution in [3.05, 3.63) is 52.9 Å². The van der Waals surface area contributed by atoms with Gasteiger partial charge in [-0.25, -0.2) is 9.59 Å². The Kier molecular flexibility index (Phi) is 6.82. The number of halogens is 1. The highest BCUT2D eigenvalue weighted by atomic mass is 19.1. The third kappa shape index (κ3) is 4.79. The number of aromatic nitrogens is 2. The SMILES string of the molecule is COC(=O)c1c(C)c[n+](O)cc1F.COC(=O)c1c(C)c[n+](O)cc1N. The minimum atomic E-state index is -0.811. The first-order valence-corrected chi connectivity index (χ1v) is 7.20. The number of carbonyl (C=O) groups is 2. The molecule has 0 unspecified atom stereocenters. The van der Waals surface area contributed by atoms with Crippen LogP contribution in [0, 0.1) is 19.7 Å². The van der Waals surface area contributed by atoms with Gasteiger partial charge in [0.1, 0.15) is 11.3 Å². The third-order valence-electron chi connectivity index (χ3n) is 3.26. The van der Waals surface area contributed by atoms with Crippen LogP contribution in [-0.2, 0) is 9.47 Å². The fraction of sp³-hybridized carbons (Fsp3) is 0.250. The number of esters is 2. The number of methoxy groups -OCH3 is 2. The zero-order valence-electron chi connectivity index (χ0n) is 14.7. The lowest BCUT2D eigenvalue weighted by Crippen LogP contribution is -2.31. The molecule has 0 spiro atoms. The van der Waals surface area contributed by atoms with Crippen molar-refractivity contribution in [3.63, 3.8) is 0 Å². The molecule has 0 bridgehead atoms. The van der Waals surface area contributed by atoms with Crippen LogP contribution in [0.5, 0.6) is 0 Å². The molecule has 0 amide bonds. The molecule has 2 aromatic rings. The van der Waals surface area contributed by atoms with Crippen LogP contribution in [0.4, 0.5) is 10.1 Å². The van der Waals surface area contributed by atoms with Crippen LogP contribution in [-0.4, -0.2) is 36.6 Å². The zero-order chi connectivity index (χ0) is 20.0. The Bertz CT molecular complexity index is 725. The number of pyridine rings is 2. The van der Waals surface area contributed by atoms with Crippen molar-refractivity contribution in [2.24, 2.45) is 0 Å². The maximum absolute atomic E-state index is 13.1. The van der Waals surface area contributed by atoms with Gasteiger partial charge in [0.15, 0.2) is 0 Å². The van der Waals surface area contributed by atoms with Gasteiger partial charge >= 0.3 is 11.9 Å². The second-order valence-electron chi connectivity index (χ2n) is 5.18. The summed E-state index contributed by atoms with van der Waals surface area (Å²) in [6.45, 7) is 3.16. The molecule has 10 heteroatoms. The number of anilines is 1. The molecule has 0 aliphatic carbocycles. The van der Waals surface area contributed by atoms with Gasteiger partial charge in [-0.3, -0.25) is 10.4 Å². The summed E-state index contributed by atoms with van der Waals surface area (Å²) in [5.41, 5.74) is 6.71. The Hall–Kier alpha value is -3.43. The number of nitrogen functional groups attached to an aromatic ring is 1. The van der Waals surface area contributed by atoms with E-state index >= 15 is 0 Å². The molecule has 2 aromatic heterocycles. The monoisotopic (exact) mass is 369 g/mol. The average Bonchev–Trinajstić information content (AvgIpc) is 2.53. The van der Waals surface area contributed by atoms with E-state index in [1.807, 2.05) is 0 Å². The number of hydrogen-bond donors (Lipinski definition) is 3. The van der Waals surface area contributed by atoms with Gasteiger partial charge in [0.2, 0.25) is 24.4 Å². The lowest BCUT2D eigenvalue weighted by Gasteiger charge is -2.03. The van der Waals surface area contributed by atoms with E-state index in [4.69, 9.17) is 16.1 Å². The van der Waals surface area contributed by atoms with E-state index in [0.29, 0.717) is 15.9 Å². The zero-order valence-corrected chi connectivity index (χ0v) is 14.7. The van der Waals surface area contributed by atoms with Gasteiger partial charge in [0, 0.05) is 20.6 Å². The molecule has 140 valence electrons. The molecular formula is C16H20FN3O6+2. The van der Waals surface area contributed by atoms with E-state index in [0.717, 1.165) is 10.9 Å². The lowest BCUT2D eigenvalue weighted by atomic mass is 10.1. The Morgan fingerprint density at radius 1 is 0.923 bits per heavy atom. The van der Waals surface area contributed by atoms with E-state index < -0.39 is 17.8 Å². The van der Waals surface area contributed by atoms with Gasteiger partial charge in [-0.2, -0.15) is 4.39 Å². The van der Waals surface area contributed by atoms with Gasteiger partial charge in [-0.1, -0.05) is 0 Å². The van der Waals surface area contributed by atoms with Crippen LogP contribution < -0.4 is 15.2 Å². The number of hydrogen-bond acceptors (Lipinski definition) is 7. The van der Waals surface area contributed by atoms with E-state index in [-0.39, 0.29) is 16.8 Å². The van der Waals surface area contributed by atoms with Crippen LogP contribution in [0.1, 0.15) is 31.8 Å². The van der Waals surface area contributed by atoms with E-state index in [1.165, 1.54) is 39.7 Å². The molecule has 0 aromatic carbocycles. The fourth-order valence-electron chi connectivity index (χ4n) is 2.15. The number of carbonyl (C=O) groups excluding carboxylic acids is 2. The van der Waals surface area contributed by atoms with Gasteiger partial charge < -0.3 is 15.2 Å². The Morgan fingerprint density at radius 3 is 1.77 bits per heavy atom. The van der Waals surface area contributed by atoms with Crippen LogP contribution in [0.2, 0.25) is 0 Å². The maximum atomic E-state index is 13.1. The van der Waals surface area contributed by atoms with Gasteiger partial charge in [0.05, 0.1) is 19.8 Å². The maximum Gasteiger partial charge on any atom is 0.341 e. The van der Waals surface area contributed by atoms with Gasteiger partial charge in [-0.15, -0.1) is 0 Å². The van der Waals surface area contributed by atoms with Crippen molar-refractivity contribution >= 4 is 17.6 Å². The number of rotatable bonds is 2. The minimum Gasteiger partial charge on any atom is -0.465 e. The summed E-state index contributed by atoms with van der Waals surface area (Å²) in [7, 11) is 2.45. The molecule has 0 saturated heterocycles. The lowest BCUT2D eigenvalue weighted by molar-refractivity contribution is -0.905. The Morgan fingerprint density at radius 2 is 1.35 bits per heavy atom. The smallest absolute Gasteiger partial charge is 0.341 e. The standard InChI is InChI=1S/C8H9FNO3.C8H10N2O3/c2*1-5-3-10(12)4-6(9)7(5)8(11)13-2/h3-4,12H,1-2H3;3-4H,1-2H3,(H2-,9,11,12)/q+1;/p+1. The van der Waals surface area contributed by atoms with Crippen molar-refractivity contribution < 1.29 is 43.3 Å². The van der Waals surface area contributed by atoms with Gasteiger partial charge in [-0.05, 0) is 13.8 Å². The summed E-state index contributed by atoms with van der Waals surface area (Å²) < 4.78 is 23.3. The second-order valence-corrected chi connectivity index (χ2v) is 5.18. The molecule has 0 radical (unpaired) electrons. The summed E-state index contributed by atoms with van der Waals surface area (Å²) in [5, 5.41) is 18.0. The molecule has 0 fully saturated rings. The quantitative estimate of drug-likeness (QED) is 0.396. The second kappa shape index (κ2) is 8.60. The summed E-state index contributed by atoms with van der Waals surface area (Å²) in [6, 6.07) is 0. The number of nitrogens with zero attached hydrogens (tertiary/aromatic N) is 2. The number of ether oxygens (including phenoxy) is 2. The highest BCUT2D eigenvalue weighted by Gasteiger charge is 2.20. The van der Waals surface area contributed by atoms with Crippen molar-refractivity contribution in [2.75, 3.05) is 20.0 Å². The van der Waals surface area contributed by atoms with E-state index in [9.17, 15) is 14.0 Å². The first kappa shape index (κ1) is 20.6. The molecule has 2 rings (SSSR count). The van der Waals surface area contributed by atoms with Crippen molar-refractivity contribution in [1.29, 1.82) is 0 Å². The normalized spacial score (nSPS) is 9.73. The van der Waals surface area contributed by atoms with Crippen LogP contribution in [0.3, 0.4) is 0 Å². The Balaban J connectivity index is 0.000000260. The van der Waals surface area contributed by atoms with Gasteiger partial charge in [0.25, 0.3) is 6.20 Å². The molecule has 2 heterocycles. The predicted molar refractivity (Wildman–Crippen MR) is 84.2 cm³/mol. The fourth-order valence-corrected chi connectivity index (χ4v) is 2.15. The Labute approximate surface area is 148 Å². The number of nitrogens with two attached hydrogens (primary N) is 1. The minimum absolute atomic E-state index is 0.159. The molecule has 9 nitrogen and oxygen atoms in total. The first-order chi connectivity index (χ1) is 12.1. The molecule has 0 saturated carbocycles. The van der Waals surface area contributed by atoms with E-state index in [2.05, 4.69) is 9.47 Å². The average molecular weight is 369 g/mol. The molecule has 26 heavy (non-hydrogen) atoms. The van der Waals surface area contributed by atoms with Crippen molar-refractivity contribution in [2.45, 2.75) is 13.8 Å². The van der Waals surface area contributed by atoms with Crippen molar-refractivity contribution in [3.8, 4) is 0 Å². The summed E-state index contributed by atoms with van der Waals surface area (Å²) in [6.07, 6.45) is 4.62. The summed E-state index contributed by atoms with van der Waals surface area (Å²) in [4.78, 5) is 22.2. The molecule has 0 aliphatic heterocycles. The summed E-state index contributed by atoms with van der Waals surface area (Å²) >= 11 is 0. The van der Waals surface area contributed by atoms with E-state index in [1.54, 1.807) is 6.92 Å². The van der Waals surface area contributed by atoms with Crippen LogP contribution >= 0.6 is 0 Å². The van der Waals surface area contributed by atoms with Crippen molar-refractivity contribution in [1.82, 2.24) is 0 Å². The summed E-state index contributed by atoms with van der Waals surface area (Å²) in [5.74, 6) is -2.07. The molecule has 4 N–H and O–H groups in total. The van der Waals surface area contributed by atoms with Crippen LogP contribution in [0.15, 0.2) is 24.8 Å². The molecular weight excluding hydrogens is 349 g/mol. The first-order valence-electron chi connectivity index (χ1n) is 7.20. The topological polar surface area (TPSA) is 127 Å². The predicted octanol–water partition coefficient (Wildman–Crippen LogP) is 0.334. The third-order valence-corrected chi connectivity index (χ3v) is 3.26.